The third-order valence-corrected chi connectivity index (χ3v) is 6.27. The van der Waals surface area contributed by atoms with Gasteiger partial charge in [0, 0.05) is 6.42 Å². The molecule has 0 fully saturated rings. The maximum Gasteiger partial charge on any atom is 0.279 e. The first-order valence-corrected chi connectivity index (χ1v) is 11.4. The molecule has 0 spiro atoms. The van der Waals surface area contributed by atoms with E-state index in [1.807, 2.05) is 6.07 Å². The summed E-state index contributed by atoms with van der Waals surface area (Å²) in [4.78, 5) is 25.1. The third-order valence-electron chi connectivity index (χ3n) is 4.58. The summed E-state index contributed by atoms with van der Waals surface area (Å²) >= 11 is 0. The molecule has 2 amide bonds. The van der Waals surface area contributed by atoms with E-state index in [0.29, 0.717) is 10.8 Å². The van der Waals surface area contributed by atoms with Gasteiger partial charge in [-0.25, -0.2) is 0 Å². The largest absolute Gasteiger partial charge is 0.369 e. The van der Waals surface area contributed by atoms with Crippen LogP contribution < -0.4 is 22.5 Å². The number of hydrogen-bond donors (Lipinski definition) is 4. The first-order chi connectivity index (χ1) is 15.2. The summed E-state index contributed by atoms with van der Waals surface area (Å²) in [5, 5.41) is 6.30. The van der Waals surface area contributed by atoms with Crippen molar-refractivity contribution >= 4 is 27.8 Å². The quantitative estimate of drug-likeness (QED) is 0.212. The van der Waals surface area contributed by atoms with Crippen LogP contribution in [0, 0.1) is 0 Å². The van der Waals surface area contributed by atoms with Gasteiger partial charge >= 0.3 is 0 Å². The molecule has 0 aliphatic heterocycles. The highest BCUT2D eigenvalue weighted by molar-refractivity contribution is 7.89. The van der Waals surface area contributed by atoms with Crippen LogP contribution in [0.5, 0.6) is 0 Å². The number of amides is 2. The molecule has 0 aromatic heterocycles. The molecule has 11 heteroatoms. The Bertz CT molecular complexity index is 1040. The Morgan fingerprint density at radius 3 is 2.06 bits per heavy atom. The lowest BCUT2D eigenvalue weighted by atomic mass is 10.0. The highest BCUT2D eigenvalue weighted by Crippen LogP contribution is 2.21. The van der Waals surface area contributed by atoms with Crippen LogP contribution in [0.4, 0.5) is 0 Å². The Morgan fingerprint density at radius 1 is 1.00 bits per heavy atom. The van der Waals surface area contributed by atoms with Crippen LogP contribution in [0.3, 0.4) is 0 Å². The highest BCUT2D eigenvalue weighted by Gasteiger charge is 2.36. The number of hydrogen-bond acceptors (Lipinski definition) is 5. The van der Waals surface area contributed by atoms with Gasteiger partial charge in [-0.2, -0.15) is 12.8 Å². The average Bonchev–Trinajstić information content (AvgIpc) is 2.76. The summed E-state index contributed by atoms with van der Waals surface area (Å²) in [6, 6.07) is 14.1. The first kappa shape index (κ1) is 24.7. The van der Waals surface area contributed by atoms with Gasteiger partial charge in [0.05, 0.1) is 4.90 Å². The van der Waals surface area contributed by atoms with Crippen LogP contribution in [0.1, 0.15) is 25.3 Å². The number of nitrogens with one attached hydrogen (secondary N) is 1. The molecule has 172 valence electrons. The van der Waals surface area contributed by atoms with E-state index in [2.05, 4.69) is 10.4 Å². The van der Waals surface area contributed by atoms with Gasteiger partial charge in [-0.3, -0.25) is 9.59 Å². The van der Waals surface area contributed by atoms with Gasteiger partial charge in [0.2, 0.25) is 17.8 Å². The molecule has 2 aromatic carbocycles. The molecule has 10 nitrogen and oxygen atoms in total. The molecule has 32 heavy (non-hydrogen) atoms. The van der Waals surface area contributed by atoms with Crippen molar-refractivity contribution < 1.29 is 18.0 Å². The fraction of sp³-hybridized carbons (Fsp3) is 0.286. The zero-order valence-corrected chi connectivity index (χ0v) is 18.5. The zero-order valence-electron chi connectivity index (χ0n) is 17.7. The van der Waals surface area contributed by atoms with Gasteiger partial charge < -0.3 is 22.5 Å². The number of sulfonamides is 1. The van der Waals surface area contributed by atoms with Crippen molar-refractivity contribution in [1.82, 2.24) is 9.73 Å². The normalized spacial score (nSPS) is 12.9. The zero-order chi connectivity index (χ0) is 23.7. The maximum atomic E-state index is 13.2. The predicted molar refractivity (Wildman–Crippen MR) is 121 cm³/mol. The van der Waals surface area contributed by atoms with Gasteiger partial charge in [0.1, 0.15) is 12.1 Å². The van der Waals surface area contributed by atoms with E-state index in [1.54, 1.807) is 49.4 Å². The van der Waals surface area contributed by atoms with Crippen LogP contribution >= 0.6 is 0 Å². The summed E-state index contributed by atoms with van der Waals surface area (Å²) < 4.78 is 27.1. The molecule has 0 radical (unpaired) electrons. The lowest BCUT2D eigenvalue weighted by Gasteiger charge is -2.29. The minimum absolute atomic E-state index is 0.0883. The fourth-order valence-electron chi connectivity index (χ4n) is 3.06. The summed E-state index contributed by atoms with van der Waals surface area (Å²) in [6.45, 7) is 1.78. The second-order valence-electron chi connectivity index (χ2n) is 7.07. The lowest BCUT2D eigenvalue weighted by Crippen LogP contribution is -2.54. The van der Waals surface area contributed by atoms with Crippen molar-refractivity contribution in [2.75, 3.05) is 0 Å². The number of carbonyl (C=O) groups is 2. The average molecular weight is 461 g/mol. The van der Waals surface area contributed by atoms with Crippen LogP contribution in [0.2, 0.25) is 0 Å². The van der Waals surface area contributed by atoms with Gasteiger partial charge in [0.15, 0.2) is 0 Å². The second-order valence-corrected chi connectivity index (χ2v) is 8.87. The maximum absolute atomic E-state index is 13.2. The Balaban J connectivity index is 2.39. The van der Waals surface area contributed by atoms with Crippen molar-refractivity contribution in [3.63, 3.8) is 0 Å². The van der Waals surface area contributed by atoms with Crippen molar-refractivity contribution in [3.05, 3.63) is 66.2 Å². The molecule has 0 unspecified atom stereocenters. The number of carbonyl (C=O) groups excluding carboxylic acids is 2. The van der Waals surface area contributed by atoms with Gasteiger partial charge in [-0.1, -0.05) is 61.9 Å². The Kier molecular flexibility index (Phi) is 8.59. The highest BCUT2D eigenvalue weighted by atomic mass is 32.2. The number of guanidine groups is 1. The third kappa shape index (κ3) is 6.45. The van der Waals surface area contributed by atoms with E-state index in [-0.39, 0.29) is 17.7 Å². The number of rotatable bonds is 11. The number of primary amides is 1. The van der Waals surface area contributed by atoms with Crippen LogP contribution in [0.15, 0.2) is 70.7 Å². The summed E-state index contributed by atoms with van der Waals surface area (Å²) in [7, 11) is -4.27. The minimum Gasteiger partial charge on any atom is -0.369 e. The minimum atomic E-state index is -4.27. The molecule has 7 N–H and O–H groups in total. The van der Waals surface area contributed by atoms with Crippen molar-refractivity contribution in [2.24, 2.45) is 22.3 Å². The number of benzene rings is 2. The van der Waals surface area contributed by atoms with Crippen molar-refractivity contribution in [3.8, 4) is 0 Å². The SMILES string of the molecule is CCC[C@@H](C(=O)N[C@@H](Cc1ccccc1)C(N)=O)N(N=C(N)N)S(=O)(=O)c1ccccc1. The molecule has 0 saturated heterocycles. The van der Waals surface area contributed by atoms with Gasteiger partial charge in [-0.15, -0.1) is 5.10 Å². The van der Waals surface area contributed by atoms with E-state index < -0.39 is 39.9 Å². The van der Waals surface area contributed by atoms with Crippen LogP contribution in [0.25, 0.3) is 0 Å². The second kappa shape index (κ2) is 11.1. The van der Waals surface area contributed by atoms with Crippen molar-refractivity contribution in [1.29, 1.82) is 0 Å². The van der Waals surface area contributed by atoms with E-state index in [0.717, 1.165) is 5.56 Å². The molecule has 0 heterocycles. The first-order valence-electron chi connectivity index (χ1n) is 9.99. The number of nitrogens with two attached hydrogens (primary N) is 3. The van der Waals surface area contributed by atoms with E-state index in [9.17, 15) is 18.0 Å². The number of nitrogens with zero attached hydrogens (tertiary/aromatic N) is 2. The van der Waals surface area contributed by atoms with Crippen LogP contribution in [-0.2, 0) is 26.0 Å². The molecular weight excluding hydrogens is 432 g/mol. The predicted octanol–water partition coefficient (Wildman–Crippen LogP) is 0.247. The standard InChI is InChI=1S/C21H28N6O4S/c1-2-9-18(20(29)25-17(19(22)28)14-15-10-5-3-6-11-15)27(26-21(23)24)32(30,31)16-12-7-4-8-13-16/h3-8,10-13,17-18H,2,9,14H2,1H3,(H2,22,28)(H,25,29)(H4,23,24,26)/t17-,18-/m0/s1. The van der Waals surface area contributed by atoms with Crippen LogP contribution in [-0.4, -0.2) is 42.7 Å². The van der Waals surface area contributed by atoms with Gasteiger partial charge in [-0.05, 0) is 24.1 Å². The molecular formula is C21H28N6O4S. The fourth-order valence-corrected chi connectivity index (χ4v) is 4.52. The lowest BCUT2D eigenvalue weighted by molar-refractivity contribution is -0.130. The molecule has 0 aliphatic carbocycles. The number of hydrazone groups is 1. The smallest absolute Gasteiger partial charge is 0.279 e. The van der Waals surface area contributed by atoms with Crippen molar-refractivity contribution in [2.45, 2.75) is 43.2 Å². The Labute approximate surface area is 187 Å². The monoisotopic (exact) mass is 460 g/mol. The molecule has 0 aliphatic rings. The molecule has 0 saturated carbocycles. The Hall–Kier alpha value is -3.60. The molecule has 2 atom stereocenters. The topological polar surface area (TPSA) is 174 Å². The summed E-state index contributed by atoms with van der Waals surface area (Å²) in [5.74, 6) is -2.03. The summed E-state index contributed by atoms with van der Waals surface area (Å²) in [6.07, 6.45) is 0.693. The van der Waals surface area contributed by atoms with Gasteiger partial charge in [0.25, 0.3) is 10.0 Å². The molecule has 2 aromatic rings. The van der Waals surface area contributed by atoms with E-state index >= 15 is 0 Å². The molecule has 0 bridgehead atoms. The Morgan fingerprint density at radius 2 is 1.56 bits per heavy atom. The van der Waals surface area contributed by atoms with E-state index in [1.165, 1.54) is 12.1 Å². The molecule has 2 rings (SSSR count). The van der Waals surface area contributed by atoms with E-state index in [4.69, 9.17) is 17.2 Å². The summed E-state index contributed by atoms with van der Waals surface area (Å²) in [5.41, 5.74) is 17.2.